The van der Waals surface area contributed by atoms with Crippen molar-refractivity contribution in [3.05, 3.63) is 47.1 Å². The van der Waals surface area contributed by atoms with Gasteiger partial charge in [-0.05, 0) is 24.6 Å². The lowest BCUT2D eigenvalue weighted by molar-refractivity contribution is 0.473. The van der Waals surface area contributed by atoms with Gasteiger partial charge < -0.3 is 14.7 Å². The molecule has 19 heavy (non-hydrogen) atoms. The van der Waals surface area contributed by atoms with Crippen LogP contribution in [0.3, 0.4) is 0 Å². The van der Waals surface area contributed by atoms with Crippen molar-refractivity contribution in [2.24, 2.45) is 0 Å². The molecular formula is C13H12N4OS. The molecule has 2 aromatic heterocycles. The smallest absolute Gasteiger partial charge is 0.157 e. The minimum absolute atomic E-state index is 0.0325. The Kier molecular flexibility index (Phi) is 2.79. The molecule has 3 rings (SSSR count). The Morgan fingerprint density at radius 3 is 3.00 bits per heavy atom. The Morgan fingerprint density at radius 2 is 2.21 bits per heavy atom. The maximum atomic E-state index is 9.56. The number of aromatic hydroxyl groups is 1. The number of nitrogens with one attached hydrogen (secondary N) is 1. The third kappa shape index (κ3) is 2.00. The Balaban J connectivity index is 2.14. The van der Waals surface area contributed by atoms with E-state index >= 15 is 0 Å². The van der Waals surface area contributed by atoms with Gasteiger partial charge in [-0.1, -0.05) is 24.4 Å². The maximum Gasteiger partial charge on any atom is 0.157 e. The zero-order valence-corrected chi connectivity index (χ0v) is 11.1. The van der Waals surface area contributed by atoms with Crippen molar-refractivity contribution < 1.29 is 5.11 Å². The number of aromatic amines is 1. The number of fused-ring (bicyclic) bond motifs is 1. The number of nitrogens with zero attached hydrogens (tertiary/aromatic N) is 3. The average molecular weight is 272 g/mol. The Hall–Kier alpha value is -2.21. The van der Waals surface area contributed by atoms with Crippen LogP contribution in [-0.4, -0.2) is 24.6 Å². The van der Waals surface area contributed by atoms with E-state index < -0.39 is 0 Å². The highest BCUT2D eigenvalue weighted by Crippen LogP contribution is 2.24. The van der Waals surface area contributed by atoms with Crippen molar-refractivity contribution in [3.8, 4) is 5.75 Å². The molecule has 96 valence electrons. The number of imidazole rings is 1. The summed E-state index contributed by atoms with van der Waals surface area (Å²) in [7, 11) is 0. The van der Waals surface area contributed by atoms with Crippen LogP contribution in [0.5, 0.6) is 5.75 Å². The van der Waals surface area contributed by atoms with Gasteiger partial charge in [0.15, 0.2) is 4.64 Å². The number of aromatic nitrogens is 4. The van der Waals surface area contributed by atoms with Crippen LogP contribution in [0.1, 0.15) is 18.5 Å². The Bertz CT molecular complexity index is 792. The summed E-state index contributed by atoms with van der Waals surface area (Å²) < 4.78 is 2.46. The van der Waals surface area contributed by atoms with Crippen LogP contribution in [0.15, 0.2) is 36.9 Å². The molecular weight excluding hydrogens is 260 g/mol. The van der Waals surface area contributed by atoms with E-state index in [9.17, 15) is 5.11 Å². The molecule has 0 aliphatic rings. The van der Waals surface area contributed by atoms with Crippen molar-refractivity contribution in [2.45, 2.75) is 13.0 Å². The highest BCUT2D eigenvalue weighted by atomic mass is 32.1. The van der Waals surface area contributed by atoms with Gasteiger partial charge in [-0.2, -0.15) is 0 Å². The molecule has 2 heterocycles. The fourth-order valence-electron chi connectivity index (χ4n) is 2.11. The lowest BCUT2D eigenvalue weighted by Gasteiger charge is -2.14. The number of hydrogen-bond acceptors (Lipinski definition) is 4. The summed E-state index contributed by atoms with van der Waals surface area (Å²) >= 11 is 5.14. The van der Waals surface area contributed by atoms with Crippen LogP contribution in [-0.2, 0) is 0 Å². The van der Waals surface area contributed by atoms with Gasteiger partial charge in [-0.25, -0.2) is 9.97 Å². The normalized spacial score (nSPS) is 12.7. The lowest BCUT2D eigenvalue weighted by Crippen LogP contribution is -2.06. The molecule has 0 saturated heterocycles. The first-order valence-corrected chi connectivity index (χ1v) is 6.27. The largest absolute Gasteiger partial charge is 0.508 e. The summed E-state index contributed by atoms with van der Waals surface area (Å²) in [5.74, 6) is 0.253. The average Bonchev–Trinajstić information content (AvgIpc) is 2.83. The lowest BCUT2D eigenvalue weighted by atomic mass is 10.1. The topological polar surface area (TPSA) is 66.7 Å². The van der Waals surface area contributed by atoms with Crippen molar-refractivity contribution in [3.63, 3.8) is 0 Å². The summed E-state index contributed by atoms with van der Waals surface area (Å²) in [6, 6.07) is 7.22. The Morgan fingerprint density at radius 1 is 1.37 bits per heavy atom. The zero-order chi connectivity index (χ0) is 13.4. The first kappa shape index (κ1) is 11.9. The molecule has 0 aliphatic heterocycles. The summed E-state index contributed by atoms with van der Waals surface area (Å²) in [6.07, 6.45) is 3.30. The SMILES string of the molecule is C[C@@H](c1cccc(O)c1)n1cnc2c(=S)nc[nH]c21. The van der Waals surface area contributed by atoms with Gasteiger partial charge >= 0.3 is 0 Å². The van der Waals surface area contributed by atoms with E-state index in [0.717, 1.165) is 11.2 Å². The highest BCUT2D eigenvalue weighted by Gasteiger charge is 2.13. The van der Waals surface area contributed by atoms with Crippen LogP contribution in [0, 0.1) is 4.64 Å². The molecule has 0 radical (unpaired) electrons. The van der Waals surface area contributed by atoms with Crippen LogP contribution in [0.4, 0.5) is 0 Å². The summed E-state index contributed by atoms with van der Waals surface area (Å²) in [5, 5.41) is 9.56. The van der Waals surface area contributed by atoms with E-state index in [2.05, 4.69) is 15.0 Å². The molecule has 0 aliphatic carbocycles. The molecule has 0 fully saturated rings. The maximum absolute atomic E-state index is 9.56. The monoisotopic (exact) mass is 272 g/mol. The van der Waals surface area contributed by atoms with E-state index in [1.54, 1.807) is 24.8 Å². The molecule has 1 aromatic carbocycles. The van der Waals surface area contributed by atoms with Gasteiger partial charge in [0.05, 0.1) is 18.7 Å². The Labute approximate surface area is 114 Å². The fourth-order valence-corrected chi connectivity index (χ4v) is 2.31. The van der Waals surface area contributed by atoms with Crippen molar-refractivity contribution in [1.29, 1.82) is 0 Å². The molecule has 0 amide bonds. The minimum Gasteiger partial charge on any atom is -0.508 e. The van der Waals surface area contributed by atoms with E-state index in [1.807, 2.05) is 23.6 Å². The van der Waals surface area contributed by atoms with Crippen molar-refractivity contribution in [2.75, 3.05) is 0 Å². The first-order valence-electron chi connectivity index (χ1n) is 5.86. The van der Waals surface area contributed by atoms with Gasteiger partial charge in [0, 0.05) is 0 Å². The second-order valence-corrected chi connectivity index (χ2v) is 4.71. The third-order valence-corrected chi connectivity index (χ3v) is 3.45. The predicted molar refractivity (Wildman–Crippen MR) is 74.6 cm³/mol. The molecule has 1 atom stereocenters. The van der Waals surface area contributed by atoms with Crippen LogP contribution >= 0.6 is 12.2 Å². The second kappa shape index (κ2) is 4.47. The summed E-state index contributed by atoms with van der Waals surface area (Å²) in [6.45, 7) is 2.03. The zero-order valence-electron chi connectivity index (χ0n) is 10.2. The quantitative estimate of drug-likeness (QED) is 0.704. The van der Waals surface area contributed by atoms with Crippen LogP contribution in [0.25, 0.3) is 11.2 Å². The molecule has 2 N–H and O–H groups in total. The molecule has 6 heteroatoms. The van der Waals surface area contributed by atoms with Gasteiger partial charge in [0.2, 0.25) is 0 Å². The predicted octanol–water partition coefficient (Wildman–Crippen LogP) is 2.80. The number of rotatable bonds is 2. The number of H-pyrrole nitrogens is 1. The molecule has 0 spiro atoms. The van der Waals surface area contributed by atoms with Crippen molar-refractivity contribution >= 4 is 23.4 Å². The third-order valence-electron chi connectivity index (χ3n) is 3.15. The number of hydrogen-bond donors (Lipinski definition) is 2. The van der Waals surface area contributed by atoms with E-state index in [0.29, 0.717) is 10.2 Å². The van der Waals surface area contributed by atoms with Gasteiger partial charge in [-0.3, -0.25) is 0 Å². The molecule has 0 unspecified atom stereocenters. The molecule has 0 saturated carbocycles. The van der Waals surface area contributed by atoms with Gasteiger partial charge in [0.1, 0.15) is 16.9 Å². The van der Waals surface area contributed by atoms with E-state index in [1.165, 1.54) is 0 Å². The summed E-state index contributed by atoms with van der Waals surface area (Å²) in [4.78, 5) is 11.4. The molecule has 5 nitrogen and oxygen atoms in total. The second-order valence-electron chi connectivity index (χ2n) is 4.33. The fraction of sp³-hybridized carbons (Fsp3) is 0.154. The number of benzene rings is 1. The van der Waals surface area contributed by atoms with Crippen LogP contribution < -0.4 is 0 Å². The molecule has 0 bridgehead atoms. The van der Waals surface area contributed by atoms with Crippen molar-refractivity contribution in [1.82, 2.24) is 19.5 Å². The first-order chi connectivity index (χ1) is 9.16. The standard InChI is InChI=1S/C13H12N4OS/c1-8(9-3-2-4-10(18)5-9)17-7-16-11-12(17)14-6-15-13(11)19/h2-8,18H,1H3,(H,14,15,19)/t8-/m0/s1. The highest BCUT2D eigenvalue weighted by molar-refractivity contribution is 7.71. The molecule has 3 aromatic rings. The van der Waals surface area contributed by atoms with Gasteiger partial charge in [0.25, 0.3) is 0 Å². The van der Waals surface area contributed by atoms with Gasteiger partial charge in [-0.15, -0.1) is 0 Å². The van der Waals surface area contributed by atoms with E-state index in [-0.39, 0.29) is 11.8 Å². The van der Waals surface area contributed by atoms with E-state index in [4.69, 9.17) is 12.2 Å². The number of phenolic OH excluding ortho intramolecular Hbond substituents is 1. The number of phenols is 1. The van der Waals surface area contributed by atoms with Crippen LogP contribution in [0.2, 0.25) is 0 Å². The minimum atomic E-state index is 0.0325. The summed E-state index contributed by atoms with van der Waals surface area (Å²) in [5.41, 5.74) is 2.51.